The van der Waals surface area contributed by atoms with Crippen molar-refractivity contribution in [1.82, 2.24) is 10.2 Å². The van der Waals surface area contributed by atoms with Crippen LogP contribution >= 0.6 is 22.6 Å². The number of para-hydroxylation sites is 1. The van der Waals surface area contributed by atoms with Gasteiger partial charge in [-0.2, -0.15) is 0 Å². The molecule has 0 spiro atoms. The first-order valence-corrected chi connectivity index (χ1v) is 11.6. The number of imide groups is 1. The highest BCUT2D eigenvalue weighted by Gasteiger charge is 2.35. The van der Waals surface area contributed by atoms with Gasteiger partial charge in [0.05, 0.1) is 17.8 Å². The minimum atomic E-state index is -0.695. The second kappa shape index (κ2) is 11.7. The molecule has 11 heteroatoms. The molecule has 1 fully saturated rings. The molecule has 0 aromatic heterocycles. The summed E-state index contributed by atoms with van der Waals surface area (Å²) < 4.78 is 16.0. The summed E-state index contributed by atoms with van der Waals surface area (Å²) in [5.74, 6) is -0.994. The van der Waals surface area contributed by atoms with Crippen LogP contribution in [0.5, 0.6) is 11.5 Å². The number of nitrogens with zero attached hydrogens (tertiary/aromatic N) is 1. The van der Waals surface area contributed by atoms with Crippen LogP contribution in [0.1, 0.15) is 18.1 Å². The van der Waals surface area contributed by atoms with Crippen molar-refractivity contribution in [3.05, 3.63) is 56.8 Å². The van der Waals surface area contributed by atoms with Gasteiger partial charge in [0, 0.05) is 5.69 Å². The third-order valence-corrected chi connectivity index (χ3v) is 5.86. The molecule has 2 N–H and O–H groups in total. The van der Waals surface area contributed by atoms with Crippen LogP contribution in [-0.4, -0.2) is 56.1 Å². The molecule has 1 aliphatic heterocycles. The number of halogens is 1. The molecule has 4 amide bonds. The van der Waals surface area contributed by atoms with Gasteiger partial charge in [-0.25, -0.2) is 14.5 Å². The van der Waals surface area contributed by atoms with E-state index in [0.29, 0.717) is 26.3 Å². The lowest BCUT2D eigenvalue weighted by molar-refractivity contribution is -0.143. The first-order chi connectivity index (χ1) is 16.8. The molecule has 184 valence electrons. The number of ether oxygens (including phenoxy) is 3. The number of benzene rings is 2. The van der Waals surface area contributed by atoms with E-state index in [1.807, 2.05) is 41.6 Å². The number of anilines is 1. The number of aryl methyl sites for hydroxylation is 1. The highest BCUT2D eigenvalue weighted by Crippen LogP contribution is 2.35. The Kier molecular flexibility index (Phi) is 8.68. The Morgan fingerprint density at radius 1 is 1.17 bits per heavy atom. The van der Waals surface area contributed by atoms with Gasteiger partial charge >= 0.3 is 12.0 Å². The van der Waals surface area contributed by atoms with Crippen molar-refractivity contribution in [2.45, 2.75) is 13.3 Å². The Hall–Kier alpha value is -3.61. The molecule has 0 unspecified atom stereocenters. The maximum atomic E-state index is 12.8. The Labute approximate surface area is 215 Å². The molecule has 10 nitrogen and oxygen atoms in total. The zero-order valence-electron chi connectivity index (χ0n) is 19.3. The van der Waals surface area contributed by atoms with Crippen LogP contribution in [0.15, 0.2) is 42.1 Å². The SMILES string of the molecule is CCc1ccccc1NC(=O)CN1C(=O)N/C(=C/c2cc(I)c(OCC(=O)OC)c(OC)c2)C1=O. The van der Waals surface area contributed by atoms with E-state index < -0.39 is 30.4 Å². The van der Waals surface area contributed by atoms with Crippen molar-refractivity contribution in [2.24, 2.45) is 0 Å². The van der Waals surface area contributed by atoms with E-state index in [0.717, 1.165) is 16.9 Å². The fraction of sp³-hybridized carbons (Fsp3) is 0.250. The summed E-state index contributed by atoms with van der Waals surface area (Å²) in [6, 6.07) is 9.92. The fourth-order valence-electron chi connectivity index (χ4n) is 3.32. The summed E-state index contributed by atoms with van der Waals surface area (Å²) >= 11 is 2.00. The predicted octanol–water partition coefficient (Wildman–Crippen LogP) is 2.95. The summed E-state index contributed by atoms with van der Waals surface area (Å²) in [6.07, 6.45) is 2.19. The summed E-state index contributed by atoms with van der Waals surface area (Å²) in [4.78, 5) is 50.0. The Balaban J connectivity index is 1.75. The third-order valence-electron chi connectivity index (χ3n) is 5.06. The zero-order chi connectivity index (χ0) is 25.5. The number of hydrogen-bond donors (Lipinski definition) is 2. The summed E-state index contributed by atoms with van der Waals surface area (Å²) in [5.41, 5.74) is 2.14. The van der Waals surface area contributed by atoms with Crippen LogP contribution in [-0.2, 0) is 25.5 Å². The van der Waals surface area contributed by atoms with E-state index in [-0.39, 0.29) is 12.3 Å². The van der Waals surface area contributed by atoms with Crippen molar-refractivity contribution < 1.29 is 33.4 Å². The molecule has 2 aromatic carbocycles. The van der Waals surface area contributed by atoms with Gasteiger partial charge in [0.25, 0.3) is 5.91 Å². The Morgan fingerprint density at radius 3 is 2.60 bits per heavy atom. The van der Waals surface area contributed by atoms with E-state index >= 15 is 0 Å². The minimum Gasteiger partial charge on any atom is -0.493 e. The molecule has 0 saturated carbocycles. The standard InChI is InChI=1S/C24H24IN3O7/c1-4-15-7-5-6-8-17(15)26-20(29)12-28-23(31)18(27-24(28)32)10-14-9-16(25)22(19(11-14)33-2)35-13-21(30)34-3/h5-11H,4,12-13H2,1-3H3,(H,26,29)(H,27,32)/b18-10+. The van der Waals surface area contributed by atoms with Gasteiger partial charge in [0.2, 0.25) is 5.91 Å². The van der Waals surface area contributed by atoms with Crippen molar-refractivity contribution in [1.29, 1.82) is 0 Å². The lowest BCUT2D eigenvalue weighted by atomic mass is 10.1. The normalized spacial score (nSPS) is 14.1. The fourth-order valence-corrected chi connectivity index (χ4v) is 4.10. The minimum absolute atomic E-state index is 0.0119. The molecule has 1 saturated heterocycles. The highest BCUT2D eigenvalue weighted by atomic mass is 127. The van der Waals surface area contributed by atoms with Crippen LogP contribution < -0.4 is 20.1 Å². The van der Waals surface area contributed by atoms with Crippen LogP contribution in [0, 0.1) is 3.57 Å². The number of methoxy groups -OCH3 is 2. The van der Waals surface area contributed by atoms with E-state index in [1.165, 1.54) is 20.3 Å². The van der Waals surface area contributed by atoms with Crippen LogP contribution in [0.2, 0.25) is 0 Å². The quantitative estimate of drug-likeness (QED) is 0.199. The van der Waals surface area contributed by atoms with E-state index in [2.05, 4.69) is 15.4 Å². The number of nitrogens with one attached hydrogen (secondary N) is 2. The van der Waals surface area contributed by atoms with Crippen molar-refractivity contribution in [3.63, 3.8) is 0 Å². The molecule has 35 heavy (non-hydrogen) atoms. The van der Waals surface area contributed by atoms with Gasteiger partial charge in [-0.3, -0.25) is 9.59 Å². The number of hydrogen-bond acceptors (Lipinski definition) is 7. The molecular weight excluding hydrogens is 569 g/mol. The van der Waals surface area contributed by atoms with Gasteiger partial charge in [0.15, 0.2) is 18.1 Å². The van der Waals surface area contributed by atoms with Crippen molar-refractivity contribution >= 4 is 58.2 Å². The number of esters is 1. The van der Waals surface area contributed by atoms with Gasteiger partial charge in [-0.1, -0.05) is 25.1 Å². The maximum absolute atomic E-state index is 12.8. The average Bonchev–Trinajstić information content (AvgIpc) is 3.10. The molecule has 1 aliphatic rings. The highest BCUT2D eigenvalue weighted by molar-refractivity contribution is 14.1. The number of urea groups is 1. The summed E-state index contributed by atoms with van der Waals surface area (Å²) in [6.45, 7) is 1.24. The van der Waals surface area contributed by atoms with E-state index in [1.54, 1.807) is 24.3 Å². The second-order valence-electron chi connectivity index (χ2n) is 7.34. The van der Waals surface area contributed by atoms with Crippen LogP contribution in [0.3, 0.4) is 0 Å². The van der Waals surface area contributed by atoms with Crippen molar-refractivity contribution in [2.75, 3.05) is 32.7 Å². The lowest BCUT2D eigenvalue weighted by Gasteiger charge is -2.14. The third kappa shape index (κ3) is 6.29. The Morgan fingerprint density at radius 2 is 1.91 bits per heavy atom. The predicted molar refractivity (Wildman–Crippen MR) is 136 cm³/mol. The molecule has 0 aliphatic carbocycles. The lowest BCUT2D eigenvalue weighted by Crippen LogP contribution is -2.38. The van der Waals surface area contributed by atoms with Gasteiger partial charge in [-0.15, -0.1) is 0 Å². The number of carbonyl (C=O) groups is 4. The first kappa shape index (κ1) is 26.0. The van der Waals surface area contributed by atoms with E-state index in [9.17, 15) is 19.2 Å². The first-order valence-electron chi connectivity index (χ1n) is 10.6. The maximum Gasteiger partial charge on any atom is 0.343 e. The molecule has 3 rings (SSSR count). The monoisotopic (exact) mass is 593 g/mol. The van der Waals surface area contributed by atoms with Crippen LogP contribution in [0.4, 0.5) is 10.5 Å². The van der Waals surface area contributed by atoms with Crippen LogP contribution in [0.25, 0.3) is 6.08 Å². The average molecular weight is 593 g/mol. The summed E-state index contributed by atoms with van der Waals surface area (Å²) in [5, 5.41) is 5.25. The van der Waals surface area contributed by atoms with Gasteiger partial charge < -0.3 is 24.8 Å². The van der Waals surface area contributed by atoms with Gasteiger partial charge in [0.1, 0.15) is 12.2 Å². The summed E-state index contributed by atoms with van der Waals surface area (Å²) in [7, 11) is 2.69. The topological polar surface area (TPSA) is 123 Å². The molecule has 0 bridgehead atoms. The smallest absolute Gasteiger partial charge is 0.343 e. The zero-order valence-corrected chi connectivity index (χ0v) is 21.5. The molecule has 0 radical (unpaired) electrons. The number of amides is 4. The van der Waals surface area contributed by atoms with Gasteiger partial charge in [-0.05, 0) is 64.4 Å². The largest absolute Gasteiger partial charge is 0.493 e. The Bertz CT molecular complexity index is 1200. The van der Waals surface area contributed by atoms with Crippen molar-refractivity contribution in [3.8, 4) is 11.5 Å². The molecular formula is C24H24IN3O7. The molecule has 0 atom stereocenters. The molecule has 2 aromatic rings. The number of carbonyl (C=O) groups excluding carboxylic acids is 4. The van der Waals surface area contributed by atoms with E-state index in [4.69, 9.17) is 9.47 Å². The molecule has 1 heterocycles. The second-order valence-corrected chi connectivity index (χ2v) is 8.50. The number of rotatable bonds is 9.